The molecule has 1 N–H and O–H groups in total. The topological polar surface area (TPSA) is 72.3 Å². The van der Waals surface area contributed by atoms with Crippen molar-refractivity contribution in [3.63, 3.8) is 0 Å². The van der Waals surface area contributed by atoms with Crippen LogP contribution in [0.4, 0.5) is 5.82 Å². The van der Waals surface area contributed by atoms with Gasteiger partial charge in [-0.05, 0) is 31.4 Å². The summed E-state index contributed by atoms with van der Waals surface area (Å²) < 4.78 is 7.45. The van der Waals surface area contributed by atoms with E-state index in [1.165, 1.54) is 0 Å². The number of fused-ring (bicyclic) bond motifs is 2. The van der Waals surface area contributed by atoms with Crippen LogP contribution in [0.25, 0.3) is 10.9 Å². The molecule has 1 fully saturated rings. The zero-order valence-electron chi connectivity index (χ0n) is 15.0. The maximum atomic E-state index is 12.9. The van der Waals surface area contributed by atoms with Gasteiger partial charge in [0, 0.05) is 24.8 Å². The Kier molecular flexibility index (Phi) is 4.13. The molecule has 2 aliphatic rings. The van der Waals surface area contributed by atoms with Gasteiger partial charge >= 0.3 is 0 Å². The SMILES string of the molecule is CC1=Nc2c(c(=O)[nH]n2C2CCOCC2)[C@@H](c2cccc3cccnc23)S1. The number of hydrogen-bond acceptors (Lipinski definition) is 5. The van der Waals surface area contributed by atoms with E-state index in [0.717, 1.165) is 45.7 Å². The van der Waals surface area contributed by atoms with Crippen molar-refractivity contribution in [3.8, 4) is 0 Å². The number of benzene rings is 1. The lowest BCUT2D eigenvalue weighted by Crippen LogP contribution is -2.21. The van der Waals surface area contributed by atoms with E-state index in [9.17, 15) is 4.79 Å². The smallest absolute Gasteiger partial charge is 0.271 e. The zero-order chi connectivity index (χ0) is 18.4. The van der Waals surface area contributed by atoms with E-state index in [1.807, 2.05) is 23.7 Å². The van der Waals surface area contributed by atoms with Crippen LogP contribution in [-0.2, 0) is 4.74 Å². The second kappa shape index (κ2) is 6.65. The van der Waals surface area contributed by atoms with E-state index in [2.05, 4.69) is 28.3 Å². The number of pyridine rings is 1. The Hall–Kier alpha value is -2.38. The van der Waals surface area contributed by atoms with Crippen LogP contribution in [0.3, 0.4) is 0 Å². The van der Waals surface area contributed by atoms with Gasteiger partial charge in [0.15, 0.2) is 5.82 Å². The van der Waals surface area contributed by atoms with Crippen LogP contribution in [0.5, 0.6) is 0 Å². The Bertz CT molecular complexity index is 1090. The third-order valence-corrected chi connectivity index (χ3v) is 6.41. The lowest BCUT2D eigenvalue weighted by molar-refractivity contribution is 0.0666. The van der Waals surface area contributed by atoms with Gasteiger partial charge < -0.3 is 4.74 Å². The average Bonchev–Trinajstić information content (AvgIpc) is 3.04. The molecule has 0 radical (unpaired) electrons. The maximum Gasteiger partial charge on any atom is 0.271 e. The van der Waals surface area contributed by atoms with Crippen molar-refractivity contribution in [3.05, 3.63) is 58.0 Å². The predicted molar refractivity (Wildman–Crippen MR) is 108 cm³/mol. The number of thioether (sulfide) groups is 1. The number of ether oxygens (including phenoxy) is 1. The Morgan fingerprint density at radius 3 is 2.89 bits per heavy atom. The fraction of sp³-hybridized carbons (Fsp3) is 0.350. The molecule has 4 heterocycles. The molecule has 2 aliphatic heterocycles. The molecule has 0 aliphatic carbocycles. The molecule has 0 unspecified atom stereocenters. The van der Waals surface area contributed by atoms with Crippen molar-refractivity contribution in [2.24, 2.45) is 4.99 Å². The van der Waals surface area contributed by atoms with Gasteiger partial charge in [0.2, 0.25) is 0 Å². The van der Waals surface area contributed by atoms with Crippen LogP contribution in [0.1, 0.15) is 42.2 Å². The minimum atomic E-state index is -0.110. The van der Waals surface area contributed by atoms with E-state index in [-0.39, 0.29) is 16.9 Å². The summed E-state index contributed by atoms with van der Waals surface area (Å²) in [4.78, 5) is 22.3. The van der Waals surface area contributed by atoms with Crippen molar-refractivity contribution >= 4 is 33.5 Å². The zero-order valence-corrected chi connectivity index (χ0v) is 15.8. The van der Waals surface area contributed by atoms with E-state index in [4.69, 9.17) is 9.73 Å². The molecule has 138 valence electrons. The molecule has 1 saturated heterocycles. The molecule has 0 saturated carbocycles. The first-order valence-corrected chi connectivity index (χ1v) is 10.1. The van der Waals surface area contributed by atoms with E-state index >= 15 is 0 Å². The number of rotatable bonds is 2. The highest BCUT2D eigenvalue weighted by atomic mass is 32.2. The van der Waals surface area contributed by atoms with Crippen LogP contribution in [-0.4, -0.2) is 33.0 Å². The third kappa shape index (κ3) is 2.82. The van der Waals surface area contributed by atoms with Gasteiger partial charge in [-0.2, -0.15) is 0 Å². The number of aliphatic imine (C=N–C) groups is 1. The van der Waals surface area contributed by atoms with Crippen molar-refractivity contribution in [2.45, 2.75) is 31.1 Å². The number of nitrogens with one attached hydrogen (secondary N) is 1. The van der Waals surface area contributed by atoms with Crippen LogP contribution < -0.4 is 5.56 Å². The first-order chi connectivity index (χ1) is 13.2. The average molecular weight is 380 g/mol. The number of aromatic amines is 1. The van der Waals surface area contributed by atoms with Crippen LogP contribution in [0, 0.1) is 0 Å². The van der Waals surface area contributed by atoms with Crippen molar-refractivity contribution in [2.75, 3.05) is 13.2 Å². The van der Waals surface area contributed by atoms with Gasteiger partial charge in [0.1, 0.15) is 0 Å². The van der Waals surface area contributed by atoms with Gasteiger partial charge in [-0.15, -0.1) is 0 Å². The second-order valence-electron chi connectivity index (χ2n) is 6.94. The molecule has 5 rings (SSSR count). The molecule has 3 aromatic rings. The van der Waals surface area contributed by atoms with E-state index < -0.39 is 0 Å². The Balaban J connectivity index is 1.68. The van der Waals surface area contributed by atoms with Gasteiger partial charge in [0.25, 0.3) is 5.56 Å². The highest BCUT2D eigenvalue weighted by Gasteiger charge is 2.33. The molecule has 27 heavy (non-hydrogen) atoms. The summed E-state index contributed by atoms with van der Waals surface area (Å²) in [7, 11) is 0. The standard InChI is InChI=1S/C20H20N4O2S/c1-12-22-19-16(20(25)23-24(19)14-7-10-26-11-8-14)18(27-12)15-6-2-4-13-5-3-9-21-17(13)15/h2-6,9,14,18H,7-8,10-11H2,1H3,(H,23,25)/t18-/m1/s1. The minimum absolute atomic E-state index is 0.0572. The van der Waals surface area contributed by atoms with Gasteiger partial charge in [-0.3, -0.25) is 19.6 Å². The number of H-pyrrole nitrogens is 1. The van der Waals surface area contributed by atoms with Crippen molar-refractivity contribution < 1.29 is 4.74 Å². The fourth-order valence-electron chi connectivity index (χ4n) is 3.98. The van der Waals surface area contributed by atoms with Gasteiger partial charge in [-0.1, -0.05) is 36.0 Å². The summed E-state index contributed by atoms with van der Waals surface area (Å²) in [6.07, 6.45) is 3.58. The molecule has 1 aromatic carbocycles. The monoisotopic (exact) mass is 380 g/mol. The Morgan fingerprint density at radius 1 is 1.22 bits per heavy atom. The summed E-state index contributed by atoms with van der Waals surface area (Å²) >= 11 is 1.62. The third-order valence-electron chi connectivity index (χ3n) is 5.25. The summed E-state index contributed by atoms with van der Waals surface area (Å²) in [5, 5.41) is 4.99. The summed E-state index contributed by atoms with van der Waals surface area (Å²) in [5.41, 5.74) is 2.67. The lowest BCUT2D eigenvalue weighted by atomic mass is 10.0. The maximum absolute atomic E-state index is 12.9. The molecule has 7 heteroatoms. The number of hydrogen-bond donors (Lipinski definition) is 1. The van der Waals surface area contributed by atoms with E-state index in [1.54, 1.807) is 18.0 Å². The molecule has 0 amide bonds. The first-order valence-electron chi connectivity index (χ1n) is 9.20. The second-order valence-corrected chi connectivity index (χ2v) is 8.24. The molecular weight excluding hydrogens is 360 g/mol. The van der Waals surface area contributed by atoms with Crippen molar-refractivity contribution in [1.29, 1.82) is 0 Å². The summed E-state index contributed by atoms with van der Waals surface area (Å²) in [5.74, 6) is 0.765. The Labute approximate surface area is 160 Å². The highest BCUT2D eigenvalue weighted by Crippen LogP contribution is 2.46. The van der Waals surface area contributed by atoms with Crippen LogP contribution in [0.15, 0.2) is 46.3 Å². The summed E-state index contributed by atoms with van der Waals surface area (Å²) in [6, 6.07) is 10.4. The Morgan fingerprint density at radius 2 is 2.04 bits per heavy atom. The molecular formula is C20H20N4O2S. The molecule has 0 spiro atoms. The van der Waals surface area contributed by atoms with Crippen LogP contribution >= 0.6 is 11.8 Å². The highest BCUT2D eigenvalue weighted by molar-refractivity contribution is 8.14. The minimum Gasteiger partial charge on any atom is -0.381 e. The van der Waals surface area contributed by atoms with Crippen molar-refractivity contribution in [1.82, 2.24) is 14.8 Å². The number of aromatic nitrogens is 3. The fourth-order valence-corrected chi connectivity index (χ4v) is 5.10. The normalized spacial score (nSPS) is 20.5. The van der Waals surface area contributed by atoms with Crippen LogP contribution in [0.2, 0.25) is 0 Å². The predicted octanol–water partition coefficient (Wildman–Crippen LogP) is 3.96. The number of nitrogens with zero attached hydrogens (tertiary/aromatic N) is 3. The summed E-state index contributed by atoms with van der Waals surface area (Å²) in [6.45, 7) is 3.44. The van der Waals surface area contributed by atoms with Gasteiger partial charge in [-0.25, -0.2) is 4.99 Å². The molecule has 1 atom stereocenters. The van der Waals surface area contributed by atoms with Gasteiger partial charge in [0.05, 0.1) is 27.4 Å². The lowest BCUT2D eigenvalue weighted by Gasteiger charge is -2.26. The molecule has 6 nitrogen and oxygen atoms in total. The largest absolute Gasteiger partial charge is 0.381 e. The quantitative estimate of drug-likeness (QED) is 0.730. The number of para-hydroxylation sites is 1. The van der Waals surface area contributed by atoms with E-state index in [0.29, 0.717) is 13.2 Å². The molecule has 0 bridgehead atoms. The molecule has 2 aromatic heterocycles. The first kappa shape index (κ1) is 16.8.